The van der Waals surface area contributed by atoms with E-state index in [1.165, 1.54) is 0 Å². The van der Waals surface area contributed by atoms with Gasteiger partial charge in [-0.3, -0.25) is 4.79 Å². The second kappa shape index (κ2) is 6.84. The van der Waals surface area contributed by atoms with Crippen LogP contribution in [-0.2, 0) is 4.79 Å². The summed E-state index contributed by atoms with van der Waals surface area (Å²) in [5.74, 6) is 1.70. The topological polar surface area (TPSA) is 58.1 Å². The van der Waals surface area contributed by atoms with Gasteiger partial charge in [0.1, 0.15) is 22.3 Å². The van der Waals surface area contributed by atoms with Crippen LogP contribution >= 0.6 is 15.9 Å². The first-order chi connectivity index (χ1) is 8.85. The van der Waals surface area contributed by atoms with Crippen LogP contribution in [0.1, 0.15) is 39.4 Å². The first-order valence-electron chi connectivity index (χ1n) is 6.41. The Bertz CT molecular complexity index is 450. The molecule has 6 heteroatoms. The van der Waals surface area contributed by atoms with E-state index in [-0.39, 0.29) is 17.9 Å². The number of hydrogen-bond acceptors (Lipinski definition) is 4. The standard InChI is InChI=1S/C13H21BrN4O/c1-6-18(5)13(19)9(4)15-11-7-10(14)16-12(17-11)8(2)3/h7-9H,6H2,1-5H3,(H,15,16,17). The van der Waals surface area contributed by atoms with Gasteiger partial charge in [0.25, 0.3) is 0 Å². The predicted octanol–water partition coefficient (Wildman–Crippen LogP) is 2.64. The molecule has 1 unspecified atom stereocenters. The summed E-state index contributed by atoms with van der Waals surface area (Å²) in [6, 6.07) is 1.47. The van der Waals surface area contributed by atoms with Crippen molar-refractivity contribution < 1.29 is 4.79 Å². The summed E-state index contributed by atoms with van der Waals surface area (Å²) in [5.41, 5.74) is 0. The molecule has 1 heterocycles. The highest BCUT2D eigenvalue weighted by Crippen LogP contribution is 2.18. The molecule has 1 atom stereocenters. The lowest BCUT2D eigenvalue weighted by Crippen LogP contribution is -2.39. The number of rotatable bonds is 5. The summed E-state index contributed by atoms with van der Waals surface area (Å²) in [7, 11) is 1.79. The lowest BCUT2D eigenvalue weighted by Gasteiger charge is -2.21. The molecule has 19 heavy (non-hydrogen) atoms. The lowest BCUT2D eigenvalue weighted by molar-refractivity contribution is -0.130. The van der Waals surface area contributed by atoms with Gasteiger partial charge < -0.3 is 10.2 Å². The maximum absolute atomic E-state index is 12.0. The average molecular weight is 329 g/mol. The van der Waals surface area contributed by atoms with Crippen LogP contribution in [0.3, 0.4) is 0 Å². The predicted molar refractivity (Wildman–Crippen MR) is 80.2 cm³/mol. The van der Waals surface area contributed by atoms with Crippen molar-refractivity contribution in [1.82, 2.24) is 14.9 Å². The van der Waals surface area contributed by atoms with Crippen LogP contribution in [0, 0.1) is 0 Å². The van der Waals surface area contributed by atoms with Gasteiger partial charge >= 0.3 is 0 Å². The number of hydrogen-bond donors (Lipinski definition) is 1. The van der Waals surface area contributed by atoms with Crippen LogP contribution in [0.2, 0.25) is 0 Å². The molecule has 0 saturated heterocycles. The number of amides is 1. The molecule has 0 saturated carbocycles. The van der Waals surface area contributed by atoms with Gasteiger partial charge in [-0.1, -0.05) is 13.8 Å². The van der Waals surface area contributed by atoms with Gasteiger partial charge in [-0.15, -0.1) is 0 Å². The van der Waals surface area contributed by atoms with Crippen LogP contribution in [-0.4, -0.2) is 40.4 Å². The third-order valence-electron chi connectivity index (χ3n) is 2.81. The highest BCUT2D eigenvalue weighted by Gasteiger charge is 2.17. The van der Waals surface area contributed by atoms with Crippen LogP contribution in [0.5, 0.6) is 0 Å². The average Bonchev–Trinajstić information content (AvgIpc) is 2.35. The SMILES string of the molecule is CCN(C)C(=O)C(C)Nc1cc(Br)nc(C(C)C)n1. The minimum atomic E-state index is -0.313. The molecule has 1 amide bonds. The number of nitrogens with one attached hydrogen (secondary N) is 1. The Morgan fingerprint density at radius 1 is 1.42 bits per heavy atom. The molecule has 1 rings (SSSR count). The summed E-state index contributed by atoms with van der Waals surface area (Å²) in [6.45, 7) is 8.54. The van der Waals surface area contributed by atoms with Crippen molar-refractivity contribution in [2.45, 2.75) is 39.7 Å². The monoisotopic (exact) mass is 328 g/mol. The number of halogens is 1. The van der Waals surface area contributed by atoms with Gasteiger partial charge in [-0.05, 0) is 29.8 Å². The Balaban J connectivity index is 2.84. The molecule has 1 aromatic heterocycles. The summed E-state index contributed by atoms with van der Waals surface area (Å²) >= 11 is 3.36. The van der Waals surface area contributed by atoms with Crippen LogP contribution in [0.15, 0.2) is 10.7 Å². The third kappa shape index (κ3) is 4.45. The molecule has 0 aromatic carbocycles. The van der Waals surface area contributed by atoms with E-state index in [0.29, 0.717) is 12.4 Å². The number of likely N-dealkylation sites (N-methyl/N-ethyl adjacent to an activating group) is 1. The fourth-order valence-electron chi connectivity index (χ4n) is 1.54. The van der Waals surface area contributed by atoms with Crippen molar-refractivity contribution in [1.29, 1.82) is 0 Å². The molecule has 106 valence electrons. The first-order valence-corrected chi connectivity index (χ1v) is 7.20. The number of nitrogens with zero attached hydrogens (tertiary/aromatic N) is 3. The fourth-order valence-corrected chi connectivity index (χ4v) is 1.94. The largest absolute Gasteiger partial charge is 0.358 e. The van der Waals surface area contributed by atoms with E-state index in [1.54, 1.807) is 18.0 Å². The summed E-state index contributed by atoms with van der Waals surface area (Å²) in [6.07, 6.45) is 0. The zero-order valence-corrected chi connectivity index (χ0v) is 13.7. The normalized spacial score (nSPS) is 12.4. The Morgan fingerprint density at radius 3 is 2.58 bits per heavy atom. The van der Waals surface area contributed by atoms with E-state index < -0.39 is 0 Å². The van der Waals surface area contributed by atoms with E-state index in [0.717, 1.165) is 10.4 Å². The molecule has 1 N–H and O–H groups in total. The minimum absolute atomic E-state index is 0.0448. The first kappa shape index (κ1) is 15.9. The molecule has 0 aliphatic carbocycles. The van der Waals surface area contributed by atoms with Gasteiger partial charge in [0.2, 0.25) is 5.91 Å². The lowest BCUT2D eigenvalue weighted by atomic mass is 10.2. The highest BCUT2D eigenvalue weighted by atomic mass is 79.9. The maximum atomic E-state index is 12.0. The van der Waals surface area contributed by atoms with E-state index in [1.807, 2.05) is 27.7 Å². The van der Waals surface area contributed by atoms with Crippen molar-refractivity contribution in [3.63, 3.8) is 0 Å². The van der Waals surface area contributed by atoms with Gasteiger partial charge in [0, 0.05) is 25.6 Å². The molecule has 0 spiro atoms. The molecular formula is C13H21BrN4O. The van der Waals surface area contributed by atoms with E-state index >= 15 is 0 Å². The van der Waals surface area contributed by atoms with Crippen molar-refractivity contribution in [3.8, 4) is 0 Å². The zero-order valence-electron chi connectivity index (χ0n) is 12.1. The molecule has 1 aromatic rings. The summed E-state index contributed by atoms with van der Waals surface area (Å²) in [5, 5.41) is 3.12. The van der Waals surface area contributed by atoms with E-state index in [2.05, 4.69) is 31.2 Å². The molecular weight excluding hydrogens is 308 g/mol. The van der Waals surface area contributed by atoms with Gasteiger partial charge in [0.05, 0.1) is 0 Å². The van der Waals surface area contributed by atoms with E-state index in [4.69, 9.17) is 0 Å². The molecule has 0 radical (unpaired) electrons. The second-order valence-electron chi connectivity index (χ2n) is 4.81. The molecule has 0 bridgehead atoms. The Hall–Kier alpha value is -1.17. The minimum Gasteiger partial charge on any atom is -0.358 e. The number of aromatic nitrogens is 2. The molecule has 5 nitrogen and oxygen atoms in total. The highest BCUT2D eigenvalue weighted by molar-refractivity contribution is 9.10. The quantitative estimate of drug-likeness (QED) is 0.844. The molecule has 0 fully saturated rings. The van der Waals surface area contributed by atoms with E-state index in [9.17, 15) is 4.79 Å². The van der Waals surface area contributed by atoms with Crippen LogP contribution in [0.25, 0.3) is 0 Å². The van der Waals surface area contributed by atoms with Gasteiger partial charge in [-0.2, -0.15) is 0 Å². The summed E-state index contributed by atoms with van der Waals surface area (Å²) in [4.78, 5) is 22.4. The Labute approximate surface area is 122 Å². The van der Waals surface area contributed by atoms with Crippen molar-refractivity contribution in [3.05, 3.63) is 16.5 Å². The Morgan fingerprint density at radius 2 is 2.05 bits per heavy atom. The second-order valence-corrected chi connectivity index (χ2v) is 5.62. The molecule has 0 aliphatic rings. The number of anilines is 1. The van der Waals surface area contributed by atoms with Crippen molar-refractivity contribution in [2.24, 2.45) is 0 Å². The van der Waals surface area contributed by atoms with Gasteiger partial charge in [0.15, 0.2) is 0 Å². The Kier molecular flexibility index (Phi) is 5.72. The summed E-state index contributed by atoms with van der Waals surface area (Å²) < 4.78 is 0.720. The smallest absolute Gasteiger partial charge is 0.244 e. The fraction of sp³-hybridized carbons (Fsp3) is 0.615. The maximum Gasteiger partial charge on any atom is 0.244 e. The number of carbonyl (C=O) groups excluding carboxylic acids is 1. The molecule has 0 aliphatic heterocycles. The van der Waals surface area contributed by atoms with Crippen molar-refractivity contribution in [2.75, 3.05) is 18.9 Å². The van der Waals surface area contributed by atoms with Crippen LogP contribution < -0.4 is 5.32 Å². The number of carbonyl (C=O) groups is 1. The third-order valence-corrected chi connectivity index (χ3v) is 3.22. The van der Waals surface area contributed by atoms with Crippen molar-refractivity contribution >= 4 is 27.7 Å². The van der Waals surface area contributed by atoms with Crippen LogP contribution in [0.4, 0.5) is 5.82 Å². The zero-order chi connectivity index (χ0) is 14.6. The van der Waals surface area contributed by atoms with Gasteiger partial charge in [-0.25, -0.2) is 9.97 Å².